The van der Waals surface area contributed by atoms with Gasteiger partial charge in [-0.2, -0.15) is 0 Å². The van der Waals surface area contributed by atoms with Crippen molar-refractivity contribution in [2.24, 2.45) is 0 Å². The molecule has 1 amide bonds. The number of amides is 1. The van der Waals surface area contributed by atoms with Crippen molar-refractivity contribution in [3.8, 4) is 5.75 Å². The molecule has 4 aromatic rings. The Morgan fingerprint density at radius 1 is 1.05 bits per heavy atom. The number of nitrogens with zero attached hydrogens (tertiary/aromatic N) is 1. The van der Waals surface area contributed by atoms with Gasteiger partial charge >= 0.3 is 5.97 Å². The number of carbonyl (C=O) groups is 3. The monoisotopic (exact) mass is 561 g/mol. The summed E-state index contributed by atoms with van der Waals surface area (Å²) < 4.78 is 12.1. The van der Waals surface area contributed by atoms with Gasteiger partial charge in [-0.1, -0.05) is 46.3 Å². The third kappa shape index (κ3) is 4.38. The van der Waals surface area contributed by atoms with E-state index in [0.29, 0.717) is 33.5 Å². The van der Waals surface area contributed by atoms with Gasteiger partial charge in [-0.25, -0.2) is 0 Å². The number of para-hydroxylation sites is 1. The molecule has 0 spiro atoms. The van der Waals surface area contributed by atoms with Crippen molar-refractivity contribution in [1.82, 2.24) is 0 Å². The number of hydrogen-bond acceptors (Lipinski definition) is 6. The van der Waals surface area contributed by atoms with Gasteiger partial charge in [0.1, 0.15) is 11.3 Å². The van der Waals surface area contributed by atoms with Crippen LogP contribution in [0.5, 0.6) is 5.75 Å². The number of carbonyl (C=O) groups excluding carboxylic acids is 2. The van der Waals surface area contributed by atoms with E-state index in [9.17, 15) is 19.5 Å². The van der Waals surface area contributed by atoms with Crippen molar-refractivity contribution in [3.63, 3.8) is 0 Å². The zero-order valence-electron chi connectivity index (χ0n) is 19.5. The van der Waals surface area contributed by atoms with Crippen LogP contribution >= 0.6 is 15.9 Å². The molecule has 5 rings (SSSR count). The average molecular weight is 562 g/mol. The molecule has 1 aliphatic heterocycles. The molecule has 1 aromatic heterocycles. The van der Waals surface area contributed by atoms with Crippen molar-refractivity contribution in [3.05, 3.63) is 105 Å². The molecule has 0 radical (unpaired) electrons. The second-order valence-corrected chi connectivity index (χ2v) is 9.36. The van der Waals surface area contributed by atoms with Crippen molar-refractivity contribution >= 4 is 50.2 Å². The molecule has 2 heterocycles. The van der Waals surface area contributed by atoms with Crippen LogP contribution in [0.1, 0.15) is 27.7 Å². The first-order chi connectivity index (χ1) is 17.8. The number of ketones is 1. The van der Waals surface area contributed by atoms with Gasteiger partial charge in [0.15, 0.2) is 11.5 Å². The number of carboxylic acid groups (broad SMARTS) is 1. The number of carboxylic acids is 1. The van der Waals surface area contributed by atoms with Crippen molar-refractivity contribution in [1.29, 1.82) is 0 Å². The van der Waals surface area contributed by atoms with Crippen LogP contribution in [0.2, 0.25) is 0 Å². The zero-order valence-corrected chi connectivity index (χ0v) is 21.1. The Morgan fingerprint density at radius 2 is 1.78 bits per heavy atom. The number of methoxy groups -OCH3 is 1. The van der Waals surface area contributed by atoms with Crippen molar-refractivity contribution < 1.29 is 33.8 Å². The van der Waals surface area contributed by atoms with E-state index in [0.717, 1.165) is 4.47 Å². The lowest BCUT2D eigenvalue weighted by Crippen LogP contribution is -2.31. The normalized spacial score (nSPS) is 15.5. The molecule has 1 unspecified atom stereocenters. The van der Waals surface area contributed by atoms with Crippen LogP contribution in [0.4, 0.5) is 5.69 Å². The average Bonchev–Trinajstić information content (AvgIpc) is 3.42. The number of fused-ring (bicyclic) bond motifs is 1. The first kappa shape index (κ1) is 24.3. The van der Waals surface area contributed by atoms with Gasteiger partial charge in [-0.15, -0.1) is 0 Å². The van der Waals surface area contributed by atoms with Gasteiger partial charge in [0, 0.05) is 21.1 Å². The highest BCUT2D eigenvalue weighted by Crippen LogP contribution is 2.45. The maximum atomic E-state index is 13.8. The first-order valence-corrected chi connectivity index (χ1v) is 12.0. The highest BCUT2D eigenvalue weighted by Gasteiger charge is 2.46. The summed E-state index contributed by atoms with van der Waals surface area (Å²) in [5, 5.41) is 20.8. The van der Waals surface area contributed by atoms with E-state index in [-0.39, 0.29) is 17.8 Å². The molecule has 9 heteroatoms. The van der Waals surface area contributed by atoms with Gasteiger partial charge in [-0.3, -0.25) is 19.3 Å². The predicted octanol–water partition coefficient (Wildman–Crippen LogP) is 5.61. The van der Waals surface area contributed by atoms with Crippen LogP contribution in [0, 0.1) is 0 Å². The smallest absolute Gasteiger partial charge is 0.307 e. The molecule has 0 saturated heterocycles. The number of benzene rings is 3. The molecule has 186 valence electrons. The lowest BCUT2D eigenvalue weighted by Gasteiger charge is -2.28. The van der Waals surface area contributed by atoms with Crippen LogP contribution in [-0.2, 0) is 16.0 Å². The van der Waals surface area contributed by atoms with Crippen LogP contribution in [0.25, 0.3) is 11.0 Å². The number of aliphatic hydroxyl groups excluding tert-OH is 1. The lowest BCUT2D eigenvalue weighted by atomic mass is 9.94. The topological polar surface area (TPSA) is 117 Å². The van der Waals surface area contributed by atoms with Crippen molar-refractivity contribution in [2.45, 2.75) is 12.5 Å². The Labute approximate surface area is 219 Å². The third-order valence-corrected chi connectivity index (χ3v) is 6.65. The number of Topliss-reactive ketones (excluding diaryl/α,β-unsaturated/α-hetero) is 1. The minimum atomic E-state index is -1.03. The van der Waals surface area contributed by atoms with E-state index in [1.54, 1.807) is 72.8 Å². The summed E-state index contributed by atoms with van der Waals surface area (Å²) in [6.45, 7) is 0. The molecule has 1 aliphatic rings. The maximum Gasteiger partial charge on any atom is 0.307 e. The fourth-order valence-corrected chi connectivity index (χ4v) is 4.88. The standard InChI is InChI=1S/C28H20BrNO7/c1-36-21-5-3-2-4-19(21)25-24(26(33)22-14-16-13-17(29)8-11-20(16)37-22)27(34)28(35)30(25)18-9-6-15(7-10-18)12-23(31)32/h2-11,13-14,25,34H,12H2,1H3,(H,31,32). The third-order valence-electron chi connectivity index (χ3n) is 6.16. The molecule has 0 bridgehead atoms. The fraction of sp³-hybridized carbons (Fsp3) is 0.107. The molecule has 0 fully saturated rings. The second kappa shape index (κ2) is 9.59. The number of rotatable bonds is 7. The van der Waals surface area contributed by atoms with Crippen LogP contribution < -0.4 is 9.64 Å². The van der Waals surface area contributed by atoms with Crippen LogP contribution in [-0.4, -0.2) is 35.0 Å². The van der Waals surface area contributed by atoms with Gasteiger partial charge < -0.3 is 19.4 Å². The summed E-state index contributed by atoms with van der Waals surface area (Å²) in [6, 6.07) is 19.1. The SMILES string of the molecule is COc1ccccc1C1C(C(=O)c2cc3cc(Br)ccc3o2)=C(O)C(=O)N1c1ccc(CC(=O)O)cc1. The number of aliphatic hydroxyl groups is 1. The Balaban J connectivity index is 1.64. The Hall–Kier alpha value is -4.37. The fourth-order valence-electron chi connectivity index (χ4n) is 4.50. The molecular formula is C28H20BrNO7. The number of hydrogen-bond donors (Lipinski definition) is 2. The second-order valence-electron chi connectivity index (χ2n) is 8.44. The van der Waals surface area contributed by atoms with E-state index in [4.69, 9.17) is 14.3 Å². The van der Waals surface area contributed by atoms with E-state index < -0.39 is 29.5 Å². The number of anilines is 1. The number of halogens is 1. The Morgan fingerprint density at radius 3 is 2.49 bits per heavy atom. The number of ether oxygens (including phenoxy) is 1. The van der Waals surface area contributed by atoms with Crippen molar-refractivity contribution in [2.75, 3.05) is 12.0 Å². The summed E-state index contributed by atoms with van der Waals surface area (Å²) in [5.41, 5.74) is 1.73. The molecule has 37 heavy (non-hydrogen) atoms. The maximum absolute atomic E-state index is 13.8. The largest absolute Gasteiger partial charge is 0.503 e. The van der Waals surface area contributed by atoms with Gasteiger partial charge in [0.05, 0.1) is 25.1 Å². The highest BCUT2D eigenvalue weighted by molar-refractivity contribution is 9.10. The molecule has 1 atom stereocenters. The molecular weight excluding hydrogens is 542 g/mol. The minimum Gasteiger partial charge on any atom is -0.503 e. The Bertz CT molecular complexity index is 1590. The van der Waals surface area contributed by atoms with Gasteiger partial charge in [0.2, 0.25) is 5.78 Å². The van der Waals surface area contributed by atoms with Gasteiger partial charge in [-0.05, 0) is 48.0 Å². The molecule has 0 saturated carbocycles. The summed E-state index contributed by atoms with van der Waals surface area (Å²) in [5.74, 6) is -2.70. The molecule has 3 aromatic carbocycles. The van der Waals surface area contributed by atoms with Crippen LogP contribution in [0.3, 0.4) is 0 Å². The summed E-state index contributed by atoms with van der Waals surface area (Å²) in [6.07, 6.45) is -0.181. The molecule has 8 nitrogen and oxygen atoms in total. The quantitative estimate of drug-likeness (QED) is 0.281. The van der Waals surface area contributed by atoms with E-state index in [2.05, 4.69) is 15.9 Å². The molecule has 0 aliphatic carbocycles. The van der Waals surface area contributed by atoms with Crippen LogP contribution in [0.15, 0.2) is 93.0 Å². The first-order valence-electron chi connectivity index (χ1n) is 11.2. The van der Waals surface area contributed by atoms with E-state index in [1.165, 1.54) is 12.0 Å². The van der Waals surface area contributed by atoms with Gasteiger partial charge in [0.25, 0.3) is 5.91 Å². The Kier molecular flexibility index (Phi) is 6.31. The summed E-state index contributed by atoms with van der Waals surface area (Å²) >= 11 is 3.40. The van der Waals surface area contributed by atoms with E-state index >= 15 is 0 Å². The lowest BCUT2D eigenvalue weighted by molar-refractivity contribution is -0.136. The summed E-state index contributed by atoms with van der Waals surface area (Å²) in [7, 11) is 1.48. The minimum absolute atomic E-state index is 0.0268. The number of furan rings is 1. The predicted molar refractivity (Wildman–Crippen MR) is 139 cm³/mol. The van der Waals surface area contributed by atoms with E-state index in [1.807, 2.05) is 0 Å². The highest BCUT2D eigenvalue weighted by atomic mass is 79.9. The zero-order chi connectivity index (χ0) is 26.3. The number of aliphatic carboxylic acids is 1. The molecule has 2 N–H and O–H groups in total. The summed E-state index contributed by atoms with van der Waals surface area (Å²) in [4.78, 5) is 39.6.